The van der Waals surface area contributed by atoms with Crippen molar-refractivity contribution in [1.82, 2.24) is 4.90 Å². The van der Waals surface area contributed by atoms with Crippen LogP contribution in [0, 0.1) is 5.92 Å². The standard InChI is InChI=1S/C18H20BrNO3/c1-13(18(21)22)11-20(2)12-14-6-8-16(9-7-14)23-17-5-3-4-15(19)10-17/h3-10,13H,11-12H2,1-2H3,(H,21,22). The van der Waals surface area contributed by atoms with E-state index in [0.29, 0.717) is 13.1 Å². The van der Waals surface area contributed by atoms with Gasteiger partial charge in [0.1, 0.15) is 11.5 Å². The molecule has 0 amide bonds. The molecule has 0 fully saturated rings. The number of carboxylic acids is 1. The summed E-state index contributed by atoms with van der Waals surface area (Å²) in [5.41, 5.74) is 1.12. The van der Waals surface area contributed by atoms with Gasteiger partial charge < -0.3 is 14.7 Å². The maximum absolute atomic E-state index is 10.9. The van der Waals surface area contributed by atoms with Crippen LogP contribution in [0.15, 0.2) is 53.0 Å². The Kier molecular flexibility index (Phi) is 6.19. The quantitative estimate of drug-likeness (QED) is 0.776. The zero-order valence-corrected chi connectivity index (χ0v) is 14.8. The fraction of sp³-hybridized carbons (Fsp3) is 0.278. The van der Waals surface area contributed by atoms with Crippen molar-refractivity contribution in [2.45, 2.75) is 13.5 Å². The Morgan fingerprint density at radius 1 is 1.22 bits per heavy atom. The number of aliphatic carboxylic acids is 1. The number of hydrogen-bond donors (Lipinski definition) is 1. The summed E-state index contributed by atoms with van der Waals surface area (Å²) in [6.07, 6.45) is 0. The molecular formula is C18H20BrNO3. The molecule has 2 aromatic carbocycles. The molecule has 1 atom stereocenters. The van der Waals surface area contributed by atoms with E-state index in [2.05, 4.69) is 15.9 Å². The Balaban J connectivity index is 1.93. The third kappa shape index (κ3) is 5.69. The van der Waals surface area contributed by atoms with Gasteiger partial charge in [-0.3, -0.25) is 4.79 Å². The molecule has 0 spiro atoms. The summed E-state index contributed by atoms with van der Waals surface area (Å²) in [6.45, 7) is 2.94. The van der Waals surface area contributed by atoms with Crippen molar-refractivity contribution in [2.24, 2.45) is 5.92 Å². The summed E-state index contributed by atoms with van der Waals surface area (Å²) in [7, 11) is 1.92. The number of benzene rings is 2. The van der Waals surface area contributed by atoms with Crippen LogP contribution in [-0.4, -0.2) is 29.6 Å². The SMILES string of the molecule is CC(CN(C)Cc1ccc(Oc2cccc(Br)c2)cc1)C(=O)O. The topological polar surface area (TPSA) is 49.8 Å². The average Bonchev–Trinajstić information content (AvgIpc) is 2.49. The zero-order chi connectivity index (χ0) is 16.8. The highest BCUT2D eigenvalue weighted by Gasteiger charge is 2.13. The van der Waals surface area contributed by atoms with Crippen LogP contribution in [0.2, 0.25) is 0 Å². The first kappa shape index (κ1) is 17.5. The van der Waals surface area contributed by atoms with E-state index in [0.717, 1.165) is 21.5 Å². The molecule has 5 heteroatoms. The highest BCUT2D eigenvalue weighted by Crippen LogP contribution is 2.24. The van der Waals surface area contributed by atoms with Crippen LogP contribution in [0.25, 0.3) is 0 Å². The Hall–Kier alpha value is -1.85. The molecule has 0 heterocycles. The lowest BCUT2D eigenvalue weighted by molar-refractivity contribution is -0.141. The molecule has 2 rings (SSSR count). The first-order chi connectivity index (χ1) is 10.9. The summed E-state index contributed by atoms with van der Waals surface area (Å²) >= 11 is 3.42. The van der Waals surface area contributed by atoms with Crippen LogP contribution in [0.3, 0.4) is 0 Å². The predicted molar refractivity (Wildman–Crippen MR) is 93.8 cm³/mol. The molecule has 4 nitrogen and oxygen atoms in total. The smallest absolute Gasteiger partial charge is 0.307 e. The molecule has 0 aliphatic heterocycles. The minimum Gasteiger partial charge on any atom is -0.481 e. The molecule has 0 aromatic heterocycles. The van der Waals surface area contributed by atoms with Gasteiger partial charge in [0.05, 0.1) is 5.92 Å². The summed E-state index contributed by atoms with van der Waals surface area (Å²) in [5, 5.41) is 8.95. The molecule has 0 saturated heterocycles. The normalized spacial score (nSPS) is 12.2. The Morgan fingerprint density at radius 2 is 1.91 bits per heavy atom. The van der Waals surface area contributed by atoms with Gasteiger partial charge in [-0.25, -0.2) is 0 Å². The first-order valence-corrected chi connectivity index (χ1v) is 8.17. The third-order valence-corrected chi connectivity index (χ3v) is 3.91. The maximum Gasteiger partial charge on any atom is 0.307 e. The van der Waals surface area contributed by atoms with Crippen molar-refractivity contribution in [1.29, 1.82) is 0 Å². The molecular weight excluding hydrogens is 358 g/mol. The number of ether oxygens (including phenoxy) is 1. The fourth-order valence-electron chi connectivity index (χ4n) is 2.25. The number of halogens is 1. The highest BCUT2D eigenvalue weighted by molar-refractivity contribution is 9.10. The van der Waals surface area contributed by atoms with Crippen molar-refractivity contribution in [2.75, 3.05) is 13.6 Å². The van der Waals surface area contributed by atoms with Crippen molar-refractivity contribution in [3.05, 3.63) is 58.6 Å². The van der Waals surface area contributed by atoms with Gasteiger partial charge in [-0.05, 0) is 42.9 Å². The largest absolute Gasteiger partial charge is 0.481 e. The maximum atomic E-state index is 10.9. The summed E-state index contributed by atoms with van der Waals surface area (Å²) < 4.78 is 6.77. The van der Waals surface area contributed by atoms with E-state index >= 15 is 0 Å². The molecule has 23 heavy (non-hydrogen) atoms. The van der Waals surface area contributed by atoms with E-state index < -0.39 is 5.97 Å². The zero-order valence-electron chi connectivity index (χ0n) is 13.2. The average molecular weight is 378 g/mol. The minimum absolute atomic E-state index is 0.376. The predicted octanol–water partition coefficient (Wildman–Crippen LogP) is 4.39. The first-order valence-electron chi connectivity index (χ1n) is 7.38. The Morgan fingerprint density at radius 3 is 2.52 bits per heavy atom. The second-order valence-corrected chi connectivity index (χ2v) is 6.56. The summed E-state index contributed by atoms with van der Waals surface area (Å²) in [5.74, 6) is 0.404. The Bertz CT molecular complexity index is 658. The van der Waals surface area contributed by atoms with E-state index in [1.54, 1.807) is 6.92 Å². The lowest BCUT2D eigenvalue weighted by Crippen LogP contribution is -2.28. The number of rotatable bonds is 7. The number of carboxylic acid groups (broad SMARTS) is 1. The van der Waals surface area contributed by atoms with Crippen molar-refractivity contribution >= 4 is 21.9 Å². The lowest BCUT2D eigenvalue weighted by atomic mass is 10.1. The fourth-order valence-corrected chi connectivity index (χ4v) is 2.63. The summed E-state index contributed by atoms with van der Waals surface area (Å²) in [6, 6.07) is 15.5. The molecule has 0 aliphatic rings. The van der Waals surface area contributed by atoms with Crippen LogP contribution < -0.4 is 4.74 Å². The number of hydrogen-bond acceptors (Lipinski definition) is 3. The van der Waals surface area contributed by atoms with Gasteiger partial charge in [0.25, 0.3) is 0 Å². The van der Waals surface area contributed by atoms with Crippen LogP contribution >= 0.6 is 15.9 Å². The van der Waals surface area contributed by atoms with Gasteiger partial charge in [0.2, 0.25) is 0 Å². The van der Waals surface area contributed by atoms with Gasteiger partial charge in [-0.2, -0.15) is 0 Å². The van der Waals surface area contributed by atoms with Crippen molar-refractivity contribution in [3.63, 3.8) is 0 Å². The highest BCUT2D eigenvalue weighted by atomic mass is 79.9. The minimum atomic E-state index is -0.769. The van der Waals surface area contributed by atoms with Gasteiger partial charge in [0, 0.05) is 17.6 Å². The lowest BCUT2D eigenvalue weighted by Gasteiger charge is -2.19. The van der Waals surface area contributed by atoms with E-state index in [9.17, 15) is 4.79 Å². The van der Waals surface area contributed by atoms with Crippen LogP contribution in [0.4, 0.5) is 0 Å². The van der Waals surface area contributed by atoms with E-state index in [4.69, 9.17) is 9.84 Å². The van der Waals surface area contributed by atoms with Crippen molar-refractivity contribution in [3.8, 4) is 11.5 Å². The van der Waals surface area contributed by atoms with Crippen LogP contribution in [0.1, 0.15) is 12.5 Å². The van der Waals surface area contributed by atoms with E-state index in [1.807, 2.05) is 60.5 Å². The Labute approximate surface area is 144 Å². The number of nitrogens with zero attached hydrogens (tertiary/aromatic N) is 1. The molecule has 0 saturated carbocycles. The van der Waals surface area contributed by atoms with Gasteiger partial charge in [-0.1, -0.05) is 41.1 Å². The third-order valence-electron chi connectivity index (χ3n) is 3.41. The molecule has 1 N–H and O–H groups in total. The van der Waals surface area contributed by atoms with E-state index in [1.165, 1.54) is 0 Å². The van der Waals surface area contributed by atoms with Crippen LogP contribution in [-0.2, 0) is 11.3 Å². The summed E-state index contributed by atoms with van der Waals surface area (Å²) in [4.78, 5) is 12.9. The molecule has 1 unspecified atom stereocenters. The van der Waals surface area contributed by atoms with Crippen molar-refractivity contribution < 1.29 is 14.6 Å². The molecule has 0 bridgehead atoms. The number of carbonyl (C=O) groups is 1. The van der Waals surface area contributed by atoms with Gasteiger partial charge in [-0.15, -0.1) is 0 Å². The molecule has 0 aliphatic carbocycles. The van der Waals surface area contributed by atoms with Gasteiger partial charge in [0.15, 0.2) is 0 Å². The molecule has 2 aromatic rings. The second kappa shape index (κ2) is 8.13. The van der Waals surface area contributed by atoms with Crippen LogP contribution in [0.5, 0.6) is 11.5 Å². The second-order valence-electron chi connectivity index (χ2n) is 5.64. The van der Waals surface area contributed by atoms with E-state index in [-0.39, 0.29) is 5.92 Å². The van der Waals surface area contributed by atoms with Gasteiger partial charge >= 0.3 is 5.97 Å². The molecule has 122 valence electrons. The monoisotopic (exact) mass is 377 g/mol. The molecule has 0 radical (unpaired) electrons.